The van der Waals surface area contributed by atoms with Gasteiger partial charge in [0.1, 0.15) is 6.04 Å². The molecule has 2 aliphatic rings. The van der Waals surface area contributed by atoms with Crippen LogP contribution in [0.5, 0.6) is 0 Å². The molecule has 2 atom stereocenters. The van der Waals surface area contributed by atoms with Gasteiger partial charge in [-0.15, -0.1) is 0 Å². The van der Waals surface area contributed by atoms with Crippen molar-refractivity contribution in [3.63, 3.8) is 0 Å². The monoisotopic (exact) mass is 242 g/mol. The number of hydrogen-bond donors (Lipinski definition) is 1. The molecule has 0 aliphatic carbocycles. The van der Waals surface area contributed by atoms with Crippen molar-refractivity contribution in [2.45, 2.75) is 25.8 Å². The van der Waals surface area contributed by atoms with Crippen molar-refractivity contribution in [1.82, 2.24) is 10.2 Å². The first-order valence-electron chi connectivity index (χ1n) is 5.86. The first-order chi connectivity index (χ1) is 7.70. The zero-order valence-electron chi connectivity index (χ0n) is 9.57. The normalized spacial score (nSPS) is 30.7. The Labute approximate surface area is 100 Å². The third-order valence-corrected chi connectivity index (χ3v) is 4.42. The van der Waals surface area contributed by atoms with Crippen molar-refractivity contribution in [2.24, 2.45) is 5.92 Å². The van der Waals surface area contributed by atoms with E-state index in [1.807, 2.05) is 18.7 Å². The summed E-state index contributed by atoms with van der Waals surface area (Å²) in [6.45, 7) is 2.93. The number of amides is 2. The van der Waals surface area contributed by atoms with Crippen LogP contribution in [0.1, 0.15) is 19.8 Å². The van der Waals surface area contributed by atoms with E-state index in [4.69, 9.17) is 0 Å². The molecule has 2 aliphatic heterocycles. The van der Waals surface area contributed by atoms with Gasteiger partial charge in [0.15, 0.2) is 0 Å². The van der Waals surface area contributed by atoms with E-state index in [-0.39, 0.29) is 24.4 Å². The van der Waals surface area contributed by atoms with Crippen molar-refractivity contribution in [2.75, 3.05) is 24.6 Å². The van der Waals surface area contributed by atoms with Crippen molar-refractivity contribution in [1.29, 1.82) is 0 Å². The number of carbonyl (C=O) groups excluding carboxylic acids is 2. The fourth-order valence-electron chi connectivity index (χ4n) is 2.24. The number of carbonyl (C=O) groups is 2. The van der Waals surface area contributed by atoms with E-state index < -0.39 is 0 Å². The van der Waals surface area contributed by atoms with E-state index in [0.717, 1.165) is 12.3 Å². The molecule has 16 heavy (non-hydrogen) atoms. The minimum absolute atomic E-state index is 0.0166. The third-order valence-electron chi connectivity index (χ3n) is 3.19. The van der Waals surface area contributed by atoms with Crippen molar-refractivity contribution in [3.05, 3.63) is 0 Å². The van der Waals surface area contributed by atoms with Crippen LogP contribution in [0.15, 0.2) is 0 Å². The highest BCUT2D eigenvalue weighted by atomic mass is 32.2. The molecule has 0 saturated carbocycles. The summed E-state index contributed by atoms with van der Waals surface area (Å²) in [7, 11) is 0. The van der Waals surface area contributed by atoms with Gasteiger partial charge in [-0.25, -0.2) is 0 Å². The van der Waals surface area contributed by atoms with Gasteiger partial charge in [0.05, 0.1) is 6.54 Å². The van der Waals surface area contributed by atoms with Crippen LogP contribution in [-0.4, -0.2) is 47.4 Å². The zero-order valence-corrected chi connectivity index (χ0v) is 10.4. The smallest absolute Gasteiger partial charge is 0.245 e. The van der Waals surface area contributed by atoms with Crippen LogP contribution in [0.4, 0.5) is 0 Å². The number of piperazine rings is 1. The van der Waals surface area contributed by atoms with Crippen molar-refractivity contribution >= 4 is 23.6 Å². The zero-order chi connectivity index (χ0) is 11.5. The van der Waals surface area contributed by atoms with Gasteiger partial charge in [-0.1, -0.05) is 6.92 Å². The van der Waals surface area contributed by atoms with Gasteiger partial charge in [-0.3, -0.25) is 9.59 Å². The first-order valence-corrected chi connectivity index (χ1v) is 7.02. The maximum Gasteiger partial charge on any atom is 0.245 e. The molecule has 0 aromatic carbocycles. The molecule has 0 aromatic heterocycles. The average molecular weight is 242 g/mol. The Bertz CT molecular complexity index is 290. The number of rotatable bonds is 3. The number of thioether (sulfide) groups is 1. The van der Waals surface area contributed by atoms with Crippen LogP contribution in [-0.2, 0) is 9.59 Å². The Morgan fingerprint density at radius 3 is 2.94 bits per heavy atom. The van der Waals surface area contributed by atoms with Crippen LogP contribution < -0.4 is 5.32 Å². The van der Waals surface area contributed by atoms with Gasteiger partial charge < -0.3 is 10.2 Å². The molecule has 2 fully saturated rings. The molecular formula is C11H18N2O2S. The fourth-order valence-corrected chi connectivity index (χ4v) is 3.52. The molecule has 2 amide bonds. The lowest BCUT2D eigenvalue weighted by molar-refractivity contribution is -0.144. The molecule has 2 unspecified atom stereocenters. The van der Waals surface area contributed by atoms with Gasteiger partial charge in [0.25, 0.3) is 0 Å². The van der Waals surface area contributed by atoms with E-state index in [9.17, 15) is 9.59 Å². The molecule has 2 saturated heterocycles. The van der Waals surface area contributed by atoms with E-state index in [1.165, 1.54) is 12.2 Å². The number of nitrogens with zero attached hydrogens (tertiary/aromatic N) is 1. The predicted octanol–water partition coefficient (Wildman–Crippen LogP) is 0.476. The summed E-state index contributed by atoms with van der Waals surface area (Å²) in [5, 5.41) is 2.74. The maximum absolute atomic E-state index is 12.0. The molecular weight excluding hydrogens is 224 g/mol. The topological polar surface area (TPSA) is 49.4 Å². The summed E-state index contributed by atoms with van der Waals surface area (Å²) < 4.78 is 0. The highest BCUT2D eigenvalue weighted by Crippen LogP contribution is 2.24. The fraction of sp³-hybridized carbons (Fsp3) is 0.818. The van der Waals surface area contributed by atoms with E-state index >= 15 is 0 Å². The number of nitrogens with one attached hydrogen (secondary N) is 1. The SMILES string of the molecule is CCC1NC(=O)CN(CC2CCSC2)C1=O. The molecule has 0 radical (unpaired) electrons. The van der Waals surface area contributed by atoms with Gasteiger partial charge >= 0.3 is 0 Å². The van der Waals surface area contributed by atoms with Crippen LogP contribution in [0.2, 0.25) is 0 Å². The van der Waals surface area contributed by atoms with Crippen molar-refractivity contribution in [3.8, 4) is 0 Å². The molecule has 4 nitrogen and oxygen atoms in total. The molecule has 2 heterocycles. The molecule has 0 spiro atoms. The Kier molecular flexibility index (Phi) is 3.74. The van der Waals surface area contributed by atoms with Crippen molar-refractivity contribution < 1.29 is 9.59 Å². The molecule has 0 aromatic rings. The molecule has 90 valence electrons. The predicted molar refractivity (Wildman–Crippen MR) is 64.2 cm³/mol. The lowest BCUT2D eigenvalue weighted by Crippen LogP contribution is -2.58. The average Bonchev–Trinajstić information content (AvgIpc) is 2.75. The van der Waals surface area contributed by atoms with Crippen LogP contribution in [0, 0.1) is 5.92 Å². The summed E-state index contributed by atoms with van der Waals surface area (Å²) in [4.78, 5) is 25.2. The van der Waals surface area contributed by atoms with Gasteiger partial charge in [0, 0.05) is 6.54 Å². The molecule has 5 heteroatoms. The lowest BCUT2D eigenvalue weighted by atomic mass is 10.1. The second-order valence-corrected chi connectivity index (χ2v) is 5.63. The summed E-state index contributed by atoms with van der Waals surface area (Å²) >= 11 is 1.94. The second kappa shape index (κ2) is 5.08. The number of hydrogen-bond acceptors (Lipinski definition) is 3. The minimum atomic E-state index is -0.296. The Morgan fingerprint density at radius 1 is 1.50 bits per heavy atom. The minimum Gasteiger partial charge on any atom is -0.343 e. The standard InChI is InChI=1S/C11H18N2O2S/c1-2-9-11(15)13(6-10(14)12-9)5-8-3-4-16-7-8/h8-9H,2-7H2,1H3,(H,12,14). The quantitative estimate of drug-likeness (QED) is 0.783. The third kappa shape index (κ3) is 2.51. The summed E-state index contributed by atoms with van der Waals surface area (Å²) in [6, 6.07) is -0.296. The highest BCUT2D eigenvalue weighted by Gasteiger charge is 2.33. The van der Waals surface area contributed by atoms with Gasteiger partial charge in [0.2, 0.25) is 11.8 Å². The van der Waals surface area contributed by atoms with Gasteiger partial charge in [-0.2, -0.15) is 11.8 Å². The Hall–Kier alpha value is -0.710. The Morgan fingerprint density at radius 2 is 2.31 bits per heavy atom. The van der Waals surface area contributed by atoms with Crippen LogP contribution >= 0.6 is 11.8 Å². The summed E-state index contributed by atoms with van der Waals surface area (Å²) in [6.07, 6.45) is 1.85. The lowest BCUT2D eigenvalue weighted by Gasteiger charge is -2.33. The summed E-state index contributed by atoms with van der Waals surface area (Å²) in [5.74, 6) is 2.98. The second-order valence-electron chi connectivity index (χ2n) is 4.48. The van der Waals surface area contributed by atoms with E-state index in [0.29, 0.717) is 12.3 Å². The molecule has 0 bridgehead atoms. The molecule has 1 N–H and O–H groups in total. The van der Waals surface area contributed by atoms with Crippen LogP contribution in [0.25, 0.3) is 0 Å². The van der Waals surface area contributed by atoms with E-state index in [1.54, 1.807) is 4.90 Å². The first kappa shape index (κ1) is 11.8. The summed E-state index contributed by atoms with van der Waals surface area (Å²) in [5.41, 5.74) is 0. The van der Waals surface area contributed by atoms with Gasteiger partial charge in [-0.05, 0) is 30.3 Å². The maximum atomic E-state index is 12.0. The largest absolute Gasteiger partial charge is 0.343 e. The molecule has 2 rings (SSSR count). The van der Waals surface area contributed by atoms with E-state index in [2.05, 4.69) is 5.32 Å². The van der Waals surface area contributed by atoms with Crippen LogP contribution in [0.3, 0.4) is 0 Å². The Balaban J connectivity index is 1.95. The highest BCUT2D eigenvalue weighted by molar-refractivity contribution is 7.99.